The Hall–Kier alpha value is -0.740. The Balaban J connectivity index is 2.17. The van der Waals surface area contributed by atoms with Crippen LogP contribution in [0.25, 0.3) is 0 Å². The smallest absolute Gasteiger partial charge is 0.300 e. The van der Waals surface area contributed by atoms with Gasteiger partial charge in [-0.25, -0.2) is 13.1 Å². The second kappa shape index (κ2) is 5.94. The quantitative estimate of drug-likeness (QED) is 0.654. The van der Waals surface area contributed by atoms with Gasteiger partial charge in [-0.15, -0.1) is 11.3 Å². The summed E-state index contributed by atoms with van der Waals surface area (Å²) in [6, 6.07) is 0.569. The van der Waals surface area contributed by atoms with Crippen molar-refractivity contribution in [2.75, 3.05) is 6.61 Å². The van der Waals surface area contributed by atoms with Crippen LogP contribution in [0.4, 0.5) is 5.69 Å². The molecule has 2 atom stereocenters. The minimum atomic E-state index is -3.83. The molecular weight excluding hydrogens is 328 g/mol. The fraction of sp³-hybridized carbons (Fsp3) is 0.600. The predicted molar refractivity (Wildman–Crippen MR) is 74.7 cm³/mol. The summed E-state index contributed by atoms with van der Waals surface area (Å²) in [4.78, 5) is 9.98. The van der Waals surface area contributed by atoms with E-state index in [2.05, 4.69) is 4.72 Å². The van der Waals surface area contributed by atoms with E-state index in [1.165, 1.54) is 0 Å². The lowest BCUT2D eigenvalue weighted by Crippen LogP contribution is -2.40. The Morgan fingerprint density at radius 3 is 2.85 bits per heavy atom. The molecule has 2 unspecified atom stereocenters. The van der Waals surface area contributed by atoms with Crippen molar-refractivity contribution in [1.29, 1.82) is 0 Å². The molecule has 0 spiro atoms. The zero-order valence-electron chi connectivity index (χ0n) is 10.5. The second-order valence-corrected chi connectivity index (χ2v) is 8.04. The van der Waals surface area contributed by atoms with Crippen molar-refractivity contribution in [3.05, 3.63) is 20.5 Å². The van der Waals surface area contributed by atoms with Gasteiger partial charge in [-0.2, -0.15) is 0 Å². The van der Waals surface area contributed by atoms with Gasteiger partial charge in [-0.3, -0.25) is 10.1 Å². The molecule has 1 saturated heterocycles. The van der Waals surface area contributed by atoms with Crippen LogP contribution in [0.15, 0.2) is 10.3 Å². The van der Waals surface area contributed by atoms with E-state index in [4.69, 9.17) is 16.3 Å². The van der Waals surface area contributed by atoms with Crippen molar-refractivity contribution in [3.63, 3.8) is 0 Å². The number of sulfonamides is 1. The lowest BCUT2D eigenvalue weighted by molar-refractivity contribution is -0.384. The number of nitrogens with one attached hydrogen (secondary N) is 1. The first kappa shape index (κ1) is 15.6. The summed E-state index contributed by atoms with van der Waals surface area (Å²) in [6.07, 6.45) is 1.51. The highest BCUT2D eigenvalue weighted by Gasteiger charge is 2.30. The van der Waals surface area contributed by atoms with E-state index in [9.17, 15) is 18.5 Å². The number of nitro groups is 1. The van der Waals surface area contributed by atoms with Crippen LogP contribution in [0.3, 0.4) is 0 Å². The third-order valence-corrected chi connectivity index (χ3v) is 6.34. The zero-order chi connectivity index (χ0) is 14.9. The fourth-order valence-electron chi connectivity index (χ4n) is 1.97. The Morgan fingerprint density at radius 1 is 1.65 bits per heavy atom. The minimum absolute atomic E-state index is 0.153. The normalized spacial score (nSPS) is 21.0. The first-order valence-corrected chi connectivity index (χ1v) is 8.56. The van der Waals surface area contributed by atoms with Crippen molar-refractivity contribution >= 4 is 38.6 Å². The van der Waals surface area contributed by atoms with Crippen LogP contribution in [0.2, 0.25) is 4.34 Å². The van der Waals surface area contributed by atoms with Gasteiger partial charge in [0.15, 0.2) is 4.34 Å². The molecule has 0 radical (unpaired) electrons. The lowest BCUT2D eigenvalue weighted by Gasteiger charge is -2.19. The third-order valence-electron chi connectivity index (χ3n) is 2.97. The monoisotopic (exact) mass is 340 g/mol. The van der Waals surface area contributed by atoms with Crippen LogP contribution in [-0.4, -0.2) is 32.1 Å². The summed E-state index contributed by atoms with van der Waals surface area (Å²) in [6.45, 7) is 2.32. The lowest BCUT2D eigenvalue weighted by atomic mass is 10.1. The van der Waals surface area contributed by atoms with Gasteiger partial charge < -0.3 is 4.74 Å². The van der Waals surface area contributed by atoms with Gasteiger partial charge in [0.2, 0.25) is 0 Å². The van der Waals surface area contributed by atoms with E-state index < -0.39 is 26.7 Å². The van der Waals surface area contributed by atoms with Crippen LogP contribution >= 0.6 is 22.9 Å². The van der Waals surface area contributed by atoms with Gasteiger partial charge in [0.1, 0.15) is 4.21 Å². The molecule has 112 valence electrons. The summed E-state index contributed by atoms with van der Waals surface area (Å²) >= 11 is 6.34. The molecule has 7 nitrogen and oxygen atoms in total. The summed E-state index contributed by atoms with van der Waals surface area (Å²) in [7, 11) is -3.83. The van der Waals surface area contributed by atoms with Gasteiger partial charge >= 0.3 is 0 Å². The van der Waals surface area contributed by atoms with Crippen molar-refractivity contribution in [1.82, 2.24) is 4.72 Å². The summed E-state index contributed by atoms with van der Waals surface area (Å²) in [5, 5.41) is 10.7. The molecule has 10 heteroatoms. The van der Waals surface area contributed by atoms with Crippen molar-refractivity contribution in [2.24, 2.45) is 0 Å². The Morgan fingerprint density at radius 2 is 2.35 bits per heavy atom. The van der Waals surface area contributed by atoms with Crippen LogP contribution in [0.5, 0.6) is 0 Å². The Bertz CT molecular complexity index is 609. The molecular formula is C10H13ClN2O5S2. The largest absolute Gasteiger partial charge is 0.377 e. The highest BCUT2D eigenvalue weighted by Crippen LogP contribution is 2.36. The third kappa shape index (κ3) is 3.29. The maximum atomic E-state index is 12.1. The number of thiophene rings is 1. The standard InChI is InChI=1S/C10H13ClN2O5S2/c1-6(8-3-2-4-18-8)12-20(16,17)9-5-7(13(14)15)10(11)19-9/h5-6,8,12H,2-4H2,1H3. The highest BCUT2D eigenvalue weighted by atomic mass is 35.5. The summed E-state index contributed by atoms with van der Waals surface area (Å²) in [5.41, 5.74) is -0.401. The summed E-state index contributed by atoms with van der Waals surface area (Å²) in [5.74, 6) is 0. The minimum Gasteiger partial charge on any atom is -0.377 e. The van der Waals surface area contributed by atoms with E-state index in [-0.39, 0.29) is 14.6 Å². The average molecular weight is 341 g/mol. The molecule has 20 heavy (non-hydrogen) atoms. The van der Waals surface area contributed by atoms with E-state index in [1.54, 1.807) is 6.92 Å². The highest BCUT2D eigenvalue weighted by molar-refractivity contribution is 7.91. The molecule has 1 aliphatic heterocycles. The van der Waals surface area contributed by atoms with Crippen molar-refractivity contribution < 1.29 is 18.1 Å². The van der Waals surface area contributed by atoms with Gasteiger partial charge in [0.05, 0.1) is 11.0 Å². The van der Waals surface area contributed by atoms with Crippen LogP contribution in [0.1, 0.15) is 19.8 Å². The van der Waals surface area contributed by atoms with E-state index in [0.717, 1.165) is 18.9 Å². The molecule has 2 rings (SSSR count). The molecule has 2 heterocycles. The SMILES string of the molecule is CC(NS(=O)(=O)c1cc([N+](=O)[O-])c(Cl)s1)C1CCCO1. The number of rotatable bonds is 5. The van der Waals surface area contributed by atoms with Crippen LogP contribution in [0, 0.1) is 10.1 Å². The van der Waals surface area contributed by atoms with Crippen LogP contribution < -0.4 is 4.72 Å². The molecule has 1 aliphatic rings. The summed E-state index contributed by atoms with van der Waals surface area (Å²) < 4.78 is 31.9. The van der Waals surface area contributed by atoms with E-state index in [1.807, 2.05) is 0 Å². The van der Waals surface area contributed by atoms with E-state index >= 15 is 0 Å². The molecule has 0 amide bonds. The van der Waals surface area contributed by atoms with Gasteiger partial charge in [0.25, 0.3) is 15.7 Å². The first-order valence-electron chi connectivity index (χ1n) is 5.89. The molecule has 0 saturated carbocycles. The molecule has 1 aromatic rings. The Labute approximate surface area is 125 Å². The fourth-order valence-corrected chi connectivity index (χ4v) is 4.92. The molecule has 1 N–H and O–H groups in total. The number of hydrogen-bond donors (Lipinski definition) is 1. The van der Waals surface area contributed by atoms with Gasteiger partial charge in [0, 0.05) is 18.7 Å². The second-order valence-electron chi connectivity index (χ2n) is 4.44. The number of halogens is 1. The molecule has 0 aromatic carbocycles. The number of hydrogen-bond acceptors (Lipinski definition) is 6. The first-order chi connectivity index (χ1) is 9.31. The van der Waals surface area contributed by atoms with Crippen molar-refractivity contribution in [2.45, 2.75) is 36.1 Å². The maximum Gasteiger partial charge on any atom is 0.300 e. The molecule has 0 bridgehead atoms. The number of ether oxygens (including phenoxy) is 1. The van der Waals surface area contributed by atoms with Crippen molar-refractivity contribution in [3.8, 4) is 0 Å². The zero-order valence-corrected chi connectivity index (χ0v) is 12.9. The molecule has 1 fully saturated rings. The maximum absolute atomic E-state index is 12.1. The number of nitrogens with zero attached hydrogens (tertiary/aromatic N) is 1. The topological polar surface area (TPSA) is 98.5 Å². The van der Waals surface area contributed by atoms with Gasteiger partial charge in [-0.05, 0) is 19.8 Å². The van der Waals surface area contributed by atoms with E-state index in [0.29, 0.717) is 17.9 Å². The van der Waals surface area contributed by atoms with Crippen LogP contribution in [-0.2, 0) is 14.8 Å². The van der Waals surface area contributed by atoms with Gasteiger partial charge in [-0.1, -0.05) is 11.6 Å². The predicted octanol–water partition coefficient (Wildman–Crippen LogP) is 2.16. The molecule has 0 aliphatic carbocycles. The molecule has 1 aromatic heterocycles. The Kier molecular flexibility index (Phi) is 4.65. The average Bonchev–Trinajstić information content (AvgIpc) is 2.96.